The van der Waals surface area contributed by atoms with Crippen LogP contribution in [0.3, 0.4) is 0 Å². The van der Waals surface area contributed by atoms with Gasteiger partial charge < -0.3 is 4.79 Å². The molecule has 0 saturated heterocycles. The molecule has 2 aromatic carbocycles. The highest BCUT2D eigenvalue weighted by molar-refractivity contribution is 6.09. The highest BCUT2D eigenvalue weighted by Gasteiger charge is 2.49. The van der Waals surface area contributed by atoms with Crippen molar-refractivity contribution in [3.63, 3.8) is 0 Å². The number of nitrogens with one attached hydrogen (secondary N) is 1. The number of Topliss-reactive ketones (excluding diaryl/α,β-unsaturated/α-hetero) is 1. The van der Waals surface area contributed by atoms with Gasteiger partial charge in [-0.05, 0) is 41.7 Å². The van der Waals surface area contributed by atoms with Gasteiger partial charge in [-0.25, -0.2) is 0 Å². The van der Waals surface area contributed by atoms with Crippen molar-refractivity contribution in [1.82, 2.24) is 25.5 Å². The van der Waals surface area contributed by atoms with Crippen molar-refractivity contribution in [1.29, 1.82) is 0 Å². The molecule has 2 heterocycles. The lowest BCUT2D eigenvalue weighted by molar-refractivity contribution is -0.131. The number of carbonyl (C=O) groups excluding carboxylic acids is 2. The Hall–Kier alpha value is -3.68. The van der Waals surface area contributed by atoms with Crippen LogP contribution in [-0.4, -0.2) is 48.6 Å². The van der Waals surface area contributed by atoms with Crippen LogP contribution in [0.1, 0.15) is 51.0 Å². The van der Waals surface area contributed by atoms with Crippen LogP contribution in [0.5, 0.6) is 0 Å². The summed E-state index contributed by atoms with van der Waals surface area (Å²) in [6.45, 7) is 2.04. The maximum Gasteiger partial charge on any atom is 0.256 e. The summed E-state index contributed by atoms with van der Waals surface area (Å²) in [6.07, 6.45) is 4.58. The minimum absolute atomic E-state index is 0.0880. The zero-order valence-corrected chi connectivity index (χ0v) is 18.6. The molecule has 0 unspecified atom stereocenters. The number of benzene rings is 2. The lowest BCUT2D eigenvalue weighted by atomic mass is 9.97. The molecule has 3 aromatic rings. The molecule has 2 aliphatic rings. The number of nitrogens with zero attached hydrogens (tertiary/aromatic N) is 5. The van der Waals surface area contributed by atoms with Gasteiger partial charge in [0.15, 0.2) is 0 Å². The summed E-state index contributed by atoms with van der Waals surface area (Å²) < 4.78 is 0. The number of hydrogen-bond acceptors (Lipinski definition) is 6. The Labute approximate surface area is 192 Å². The quantitative estimate of drug-likeness (QED) is 0.596. The standard InChI is InChI=1S/C25H26N6O2/c1-17(32)8-13-22-26-25(14-4-5-15-25)24(33)31(22)16-18-9-11-19(12-10-18)20-6-2-3-7-21(20)23-27-29-30-28-23/h2-3,6-7,9-12H,4-5,8,13-16H2,1H3,(H,27,28,29,30). The Bertz CT molecular complexity index is 1190. The Balaban J connectivity index is 1.39. The number of hydrogen-bond donors (Lipinski definition) is 1. The van der Waals surface area contributed by atoms with Crippen molar-refractivity contribution < 1.29 is 9.59 Å². The van der Waals surface area contributed by atoms with E-state index in [1.165, 1.54) is 0 Å². The van der Waals surface area contributed by atoms with Crippen LogP contribution < -0.4 is 0 Å². The predicted molar refractivity (Wildman–Crippen MR) is 124 cm³/mol. The van der Waals surface area contributed by atoms with Crippen LogP contribution in [0.2, 0.25) is 0 Å². The topological polar surface area (TPSA) is 104 Å². The average molecular weight is 443 g/mol. The Morgan fingerprint density at radius 1 is 1.06 bits per heavy atom. The molecule has 1 aliphatic heterocycles. The van der Waals surface area contributed by atoms with E-state index in [0.717, 1.165) is 53.8 Å². The summed E-state index contributed by atoms with van der Waals surface area (Å²) in [4.78, 5) is 31.6. The van der Waals surface area contributed by atoms with E-state index in [2.05, 4.69) is 20.6 Å². The third-order valence-electron chi connectivity index (χ3n) is 6.55. The number of amides is 1. The molecule has 33 heavy (non-hydrogen) atoms. The van der Waals surface area contributed by atoms with E-state index in [0.29, 0.717) is 25.2 Å². The number of carbonyl (C=O) groups is 2. The van der Waals surface area contributed by atoms with Crippen molar-refractivity contribution in [2.24, 2.45) is 4.99 Å². The smallest absolute Gasteiger partial charge is 0.256 e. The molecule has 8 heteroatoms. The summed E-state index contributed by atoms with van der Waals surface area (Å²) in [7, 11) is 0. The third-order valence-corrected chi connectivity index (χ3v) is 6.55. The van der Waals surface area contributed by atoms with Gasteiger partial charge in [0.2, 0.25) is 5.82 Å². The second-order valence-corrected chi connectivity index (χ2v) is 8.84. The number of amidine groups is 1. The van der Waals surface area contributed by atoms with Gasteiger partial charge in [0.05, 0.1) is 6.54 Å². The fourth-order valence-electron chi connectivity index (χ4n) is 4.83. The molecule has 168 valence electrons. The summed E-state index contributed by atoms with van der Waals surface area (Å²) in [5.41, 5.74) is 3.36. The van der Waals surface area contributed by atoms with Crippen LogP contribution in [0.4, 0.5) is 0 Å². The zero-order valence-electron chi connectivity index (χ0n) is 18.6. The summed E-state index contributed by atoms with van der Waals surface area (Å²) in [6, 6.07) is 16.1. The van der Waals surface area contributed by atoms with Gasteiger partial charge in [0, 0.05) is 18.4 Å². The molecule has 5 rings (SSSR count). The fourth-order valence-corrected chi connectivity index (χ4v) is 4.83. The van der Waals surface area contributed by atoms with Gasteiger partial charge in [0.25, 0.3) is 5.91 Å². The van der Waals surface area contributed by atoms with Crippen molar-refractivity contribution in [3.8, 4) is 22.5 Å². The summed E-state index contributed by atoms with van der Waals surface area (Å²) in [5.74, 6) is 1.50. The van der Waals surface area contributed by atoms with E-state index < -0.39 is 5.54 Å². The molecule has 1 amide bonds. The maximum absolute atomic E-state index is 13.4. The van der Waals surface area contributed by atoms with Crippen LogP contribution in [0.25, 0.3) is 22.5 Å². The number of aromatic amines is 1. The molecule has 1 spiro atoms. The molecule has 1 saturated carbocycles. The number of rotatable bonds is 7. The number of aliphatic imine (C=N–C) groups is 1. The first-order valence-electron chi connectivity index (χ1n) is 11.4. The van der Waals surface area contributed by atoms with E-state index in [1.54, 1.807) is 11.8 Å². The van der Waals surface area contributed by atoms with E-state index in [9.17, 15) is 9.59 Å². The third kappa shape index (κ3) is 4.08. The van der Waals surface area contributed by atoms with Gasteiger partial charge in [-0.2, -0.15) is 5.21 Å². The fraction of sp³-hybridized carbons (Fsp3) is 0.360. The number of aromatic nitrogens is 4. The van der Waals surface area contributed by atoms with Gasteiger partial charge in [0.1, 0.15) is 17.2 Å². The first-order valence-corrected chi connectivity index (χ1v) is 11.4. The number of H-pyrrole nitrogens is 1. The Kier molecular flexibility index (Phi) is 5.58. The largest absolute Gasteiger partial charge is 0.300 e. The van der Waals surface area contributed by atoms with E-state index in [1.807, 2.05) is 48.5 Å². The maximum atomic E-state index is 13.4. The van der Waals surface area contributed by atoms with E-state index >= 15 is 0 Å². The minimum atomic E-state index is -0.602. The summed E-state index contributed by atoms with van der Waals surface area (Å²) >= 11 is 0. The van der Waals surface area contributed by atoms with Crippen molar-refractivity contribution in [2.75, 3.05) is 0 Å². The monoisotopic (exact) mass is 442 g/mol. The van der Waals surface area contributed by atoms with Gasteiger partial charge in [-0.15, -0.1) is 10.2 Å². The van der Waals surface area contributed by atoms with Crippen LogP contribution in [-0.2, 0) is 16.1 Å². The number of tetrazole rings is 1. The average Bonchev–Trinajstić information content (AvgIpc) is 3.57. The molecule has 1 aromatic heterocycles. The van der Waals surface area contributed by atoms with Crippen molar-refractivity contribution in [3.05, 3.63) is 54.1 Å². The predicted octanol–water partition coefficient (Wildman–Crippen LogP) is 3.96. The first-order chi connectivity index (χ1) is 16.1. The van der Waals surface area contributed by atoms with E-state index in [4.69, 9.17) is 4.99 Å². The molecule has 0 atom stereocenters. The minimum Gasteiger partial charge on any atom is -0.300 e. The second-order valence-electron chi connectivity index (χ2n) is 8.84. The van der Waals surface area contributed by atoms with Crippen LogP contribution in [0, 0.1) is 0 Å². The molecule has 0 bridgehead atoms. The molecule has 1 N–H and O–H groups in total. The molecule has 1 aliphatic carbocycles. The first kappa shape index (κ1) is 21.2. The van der Waals surface area contributed by atoms with Gasteiger partial charge >= 0.3 is 0 Å². The summed E-state index contributed by atoms with van der Waals surface area (Å²) in [5, 5.41) is 14.4. The molecular weight excluding hydrogens is 416 g/mol. The normalized spacial score (nSPS) is 17.1. The second kappa shape index (κ2) is 8.69. The Morgan fingerprint density at radius 3 is 2.45 bits per heavy atom. The highest BCUT2D eigenvalue weighted by Crippen LogP contribution is 2.40. The van der Waals surface area contributed by atoms with Crippen LogP contribution >= 0.6 is 0 Å². The van der Waals surface area contributed by atoms with Crippen molar-refractivity contribution in [2.45, 2.75) is 57.5 Å². The lowest BCUT2D eigenvalue weighted by Gasteiger charge is -2.22. The molecular formula is C25H26N6O2. The lowest BCUT2D eigenvalue weighted by Crippen LogP contribution is -2.40. The molecule has 1 fully saturated rings. The Morgan fingerprint density at radius 2 is 1.79 bits per heavy atom. The van der Waals surface area contributed by atoms with Crippen LogP contribution in [0.15, 0.2) is 53.5 Å². The molecule has 0 radical (unpaired) electrons. The van der Waals surface area contributed by atoms with Crippen molar-refractivity contribution >= 4 is 17.5 Å². The zero-order chi connectivity index (χ0) is 22.8. The van der Waals surface area contributed by atoms with Gasteiger partial charge in [-0.1, -0.05) is 61.4 Å². The SMILES string of the molecule is CC(=O)CCC1=NC2(CCCC2)C(=O)N1Cc1ccc(-c2ccccc2-c2nn[nH]n2)cc1. The number of ketones is 1. The molecule has 8 nitrogen and oxygen atoms in total. The highest BCUT2D eigenvalue weighted by atomic mass is 16.2. The van der Waals surface area contributed by atoms with E-state index in [-0.39, 0.29) is 11.7 Å². The van der Waals surface area contributed by atoms with Gasteiger partial charge in [-0.3, -0.25) is 14.7 Å².